The van der Waals surface area contributed by atoms with Crippen molar-refractivity contribution in [3.63, 3.8) is 0 Å². The lowest BCUT2D eigenvalue weighted by molar-refractivity contribution is 0.621. The monoisotopic (exact) mass is 317 g/mol. The van der Waals surface area contributed by atoms with Crippen molar-refractivity contribution in [1.82, 2.24) is 14.5 Å². The van der Waals surface area contributed by atoms with Crippen LogP contribution in [0, 0.1) is 6.92 Å². The van der Waals surface area contributed by atoms with E-state index in [1.807, 2.05) is 66.2 Å². The van der Waals surface area contributed by atoms with E-state index in [-0.39, 0.29) is 12.2 Å². The van der Waals surface area contributed by atoms with Gasteiger partial charge in [-0.2, -0.15) is 0 Å². The van der Waals surface area contributed by atoms with Gasteiger partial charge in [0, 0.05) is 29.3 Å². The minimum atomic E-state index is -0.189. The number of hydrogen-bond acceptors (Lipinski definition) is 2. The molecule has 0 radical (unpaired) electrons. The van der Waals surface area contributed by atoms with Crippen molar-refractivity contribution in [1.29, 1.82) is 0 Å². The molecule has 3 nitrogen and oxygen atoms in total. The molecule has 0 saturated carbocycles. The number of hydrogen-bond donors (Lipinski definition) is 0. The highest BCUT2D eigenvalue weighted by Crippen LogP contribution is 2.27. The van der Waals surface area contributed by atoms with Crippen LogP contribution < -0.4 is 0 Å². The van der Waals surface area contributed by atoms with Gasteiger partial charge in [0.15, 0.2) is 5.82 Å². The Labute approximate surface area is 139 Å². The van der Waals surface area contributed by atoms with E-state index in [9.17, 15) is 4.39 Å². The Balaban J connectivity index is 1.96. The SMILES string of the molecule is Cc1cccn1-c1nc(C2=CC=CC=C(F)C2)nc2ccccc12. The van der Waals surface area contributed by atoms with Crippen molar-refractivity contribution in [3.05, 3.63) is 84.2 Å². The summed E-state index contributed by atoms with van der Waals surface area (Å²) in [7, 11) is 0. The third kappa shape index (κ3) is 2.56. The molecule has 0 saturated heterocycles. The third-order valence-electron chi connectivity index (χ3n) is 4.10. The lowest BCUT2D eigenvalue weighted by atomic mass is 10.1. The van der Waals surface area contributed by atoms with Crippen LogP contribution >= 0.6 is 0 Å². The molecular formula is C20H16FN3. The summed E-state index contributed by atoms with van der Waals surface area (Å²) in [6.45, 7) is 2.03. The van der Waals surface area contributed by atoms with Crippen LogP contribution in [0.4, 0.5) is 4.39 Å². The maximum atomic E-state index is 13.8. The van der Waals surface area contributed by atoms with E-state index in [0.29, 0.717) is 5.82 Å². The normalized spacial score (nSPS) is 14.4. The Morgan fingerprint density at radius 2 is 1.83 bits per heavy atom. The predicted octanol–water partition coefficient (Wildman–Crippen LogP) is 4.93. The molecule has 0 atom stereocenters. The first kappa shape index (κ1) is 14.6. The van der Waals surface area contributed by atoms with E-state index in [1.165, 1.54) is 6.08 Å². The van der Waals surface area contributed by atoms with Crippen LogP contribution in [0.25, 0.3) is 22.3 Å². The second-order valence-electron chi connectivity index (χ2n) is 5.77. The molecule has 3 aromatic rings. The number of benzene rings is 1. The second kappa shape index (κ2) is 5.89. The van der Waals surface area contributed by atoms with Gasteiger partial charge in [0.25, 0.3) is 0 Å². The molecule has 4 rings (SSSR count). The van der Waals surface area contributed by atoms with Gasteiger partial charge in [0.05, 0.1) is 5.52 Å². The molecule has 2 heterocycles. The largest absolute Gasteiger partial charge is 0.305 e. The summed E-state index contributed by atoms with van der Waals surface area (Å²) in [4.78, 5) is 9.41. The van der Waals surface area contributed by atoms with Crippen molar-refractivity contribution in [2.75, 3.05) is 0 Å². The van der Waals surface area contributed by atoms with E-state index < -0.39 is 0 Å². The predicted molar refractivity (Wildman–Crippen MR) is 94.5 cm³/mol. The lowest BCUT2D eigenvalue weighted by Gasteiger charge is -2.12. The number of aryl methyl sites for hydroxylation is 1. The van der Waals surface area contributed by atoms with Crippen LogP contribution in [0.5, 0.6) is 0 Å². The minimum absolute atomic E-state index is 0.189. The number of para-hydroxylation sites is 1. The molecule has 1 aliphatic carbocycles. The standard InChI is InChI=1S/C20H16FN3/c1-14-7-6-12-24(14)20-17-10-4-5-11-18(17)22-19(23-20)15-8-2-3-9-16(21)13-15/h2-12H,13H2,1H3. The summed E-state index contributed by atoms with van der Waals surface area (Å²) in [5.74, 6) is 1.19. The molecule has 0 spiro atoms. The molecule has 0 fully saturated rings. The van der Waals surface area contributed by atoms with Gasteiger partial charge in [0.2, 0.25) is 0 Å². The van der Waals surface area contributed by atoms with Crippen LogP contribution in [0.15, 0.2) is 72.7 Å². The van der Waals surface area contributed by atoms with Gasteiger partial charge in [0.1, 0.15) is 11.6 Å². The van der Waals surface area contributed by atoms with Gasteiger partial charge in [-0.15, -0.1) is 0 Å². The molecule has 0 N–H and O–H groups in total. The van der Waals surface area contributed by atoms with E-state index in [4.69, 9.17) is 4.98 Å². The molecule has 1 aromatic carbocycles. The molecule has 2 aromatic heterocycles. The Morgan fingerprint density at radius 1 is 1.00 bits per heavy atom. The molecule has 24 heavy (non-hydrogen) atoms. The summed E-state index contributed by atoms with van der Waals surface area (Å²) in [5, 5.41) is 0.973. The second-order valence-corrected chi connectivity index (χ2v) is 5.77. The number of allylic oxidation sites excluding steroid dienone is 6. The molecule has 0 aliphatic heterocycles. The molecule has 0 bridgehead atoms. The zero-order chi connectivity index (χ0) is 16.5. The van der Waals surface area contributed by atoms with E-state index in [0.717, 1.165) is 28.0 Å². The van der Waals surface area contributed by atoms with Gasteiger partial charge in [-0.3, -0.25) is 0 Å². The fourth-order valence-electron chi connectivity index (χ4n) is 2.88. The highest BCUT2D eigenvalue weighted by molar-refractivity contribution is 5.87. The first-order valence-corrected chi connectivity index (χ1v) is 7.86. The van der Waals surface area contributed by atoms with Crippen molar-refractivity contribution >= 4 is 16.5 Å². The van der Waals surface area contributed by atoms with Crippen LogP contribution in [0.3, 0.4) is 0 Å². The van der Waals surface area contributed by atoms with Gasteiger partial charge in [-0.05, 0) is 37.3 Å². The van der Waals surface area contributed by atoms with Crippen molar-refractivity contribution < 1.29 is 4.39 Å². The van der Waals surface area contributed by atoms with Gasteiger partial charge in [-0.25, -0.2) is 14.4 Å². The fraction of sp³-hybridized carbons (Fsp3) is 0.100. The summed E-state index contributed by atoms with van der Waals surface area (Å²) >= 11 is 0. The highest BCUT2D eigenvalue weighted by Gasteiger charge is 2.14. The minimum Gasteiger partial charge on any atom is -0.305 e. The van der Waals surface area contributed by atoms with E-state index >= 15 is 0 Å². The third-order valence-corrected chi connectivity index (χ3v) is 4.10. The topological polar surface area (TPSA) is 30.7 Å². The molecule has 4 heteroatoms. The fourth-order valence-corrected chi connectivity index (χ4v) is 2.88. The quantitative estimate of drug-likeness (QED) is 0.671. The summed E-state index contributed by atoms with van der Waals surface area (Å²) in [6, 6.07) is 11.9. The van der Waals surface area contributed by atoms with Crippen LogP contribution in [0.1, 0.15) is 17.9 Å². The van der Waals surface area contributed by atoms with Gasteiger partial charge in [-0.1, -0.05) is 30.4 Å². The maximum Gasteiger partial charge on any atom is 0.158 e. The number of nitrogens with zero attached hydrogens (tertiary/aromatic N) is 3. The maximum absolute atomic E-state index is 13.8. The average Bonchev–Trinajstić information content (AvgIpc) is 2.89. The Bertz CT molecular complexity index is 1010. The lowest BCUT2D eigenvalue weighted by Crippen LogP contribution is -2.05. The number of aromatic nitrogens is 3. The first-order chi connectivity index (χ1) is 11.7. The number of rotatable bonds is 2. The molecule has 118 valence electrons. The van der Waals surface area contributed by atoms with Crippen molar-refractivity contribution in [2.45, 2.75) is 13.3 Å². The van der Waals surface area contributed by atoms with Crippen LogP contribution in [-0.2, 0) is 0 Å². The van der Waals surface area contributed by atoms with E-state index in [2.05, 4.69) is 4.98 Å². The zero-order valence-corrected chi connectivity index (χ0v) is 13.3. The molecule has 0 amide bonds. The highest BCUT2D eigenvalue weighted by atomic mass is 19.1. The smallest absolute Gasteiger partial charge is 0.158 e. The first-order valence-electron chi connectivity index (χ1n) is 7.86. The Kier molecular flexibility index (Phi) is 3.58. The van der Waals surface area contributed by atoms with Crippen molar-refractivity contribution in [2.24, 2.45) is 0 Å². The zero-order valence-electron chi connectivity index (χ0n) is 13.3. The summed E-state index contributed by atoms with van der Waals surface area (Å²) in [5.41, 5.74) is 2.71. The van der Waals surface area contributed by atoms with Gasteiger partial charge >= 0.3 is 0 Å². The Morgan fingerprint density at radius 3 is 2.67 bits per heavy atom. The molecule has 1 aliphatic rings. The number of halogens is 1. The summed E-state index contributed by atoms with van der Waals surface area (Å²) in [6.07, 6.45) is 9.05. The van der Waals surface area contributed by atoms with Crippen LogP contribution in [0.2, 0.25) is 0 Å². The number of fused-ring (bicyclic) bond motifs is 1. The Hall–Kier alpha value is -3.01. The molecule has 0 unspecified atom stereocenters. The molecular weight excluding hydrogens is 301 g/mol. The van der Waals surface area contributed by atoms with Crippen LogP contribution in [-0.4, -0.2) is 14.5 Å². The van der Waals surface area contributed by atoms with E-state index in [1.54, 1.807) is 6.08 Å². The van der Waals surface area contributed by atoms with Crippen molar-refractivity contribution in [3.8, 4) is 5.82 Å². The average molecular weight is 317 g/mol. The van der Waals surface area contributed by atoms with Gasteiger partial charge < -0.3 is 4.57 Å². The summed E-state index contributed by atoms with van der Waals surface area (Å²) < 4.78 is 15.9.